The standard InChI is InChI=1S/C20H23N3O2/c1-14(24)22-17-9-5-6-15(12-17)13-21-18-10-11-19(25)23-20(18)16-7-3-2-4-8-16/h2-9,12,18,20-21H,10-11,13H2,1H3,(H,22,24)(H,23,25)/t18-,20+/m1/s1. The van der Waals surface area contributed by atoms with Gasteiger partial charge < -0.3 is 16.0 Å². The van der Waals surface area contributed by atoms with Crippen molar-refractivity contribution in [3.05, 3.63) is 65.7 Å². The van der Waals surface area contributed by atoms with Crippen LogP contribution in [0.2, 0.25) is 0 Å². The number of hydrogen-bond donors (Lipinski definition) is 3. The maximum atomic E-state index is 11.8. The van der Waals surface area contributed by atoms with Crippen LogP contribution in [0.25, 0.3) is 0 Å². The van der Waals surface area contributed by atoms with Gasteiger partial charge in [0, 0.05) is 31.6 Å². The van der Waals surface area contributed by atoms with Gasteiger partial charge in [0.25, 0.3) is 0 Å². The molecule has 2 atom stereocenters. The summed E-state index contributed by atoms with van der Waals surface area (Å²) < 4.78 is 0. The highest BCUT2D eigenvalue weighted by Gasteiger charge is 2.29. The lowest BCUT2D eigenvalue weighted by Gasteiger charge is -2.33. The Morgan fingerprint density at radius 1 is 1.16 bits per heavy atom. The van der Waals surface area contributed by atoms with E-state index in [1.54, 1.807) is 0 Å². The van der Waals surface area contributed by atoms with Crippen LogP contribution in [0.1, 0.15) is 36.9 Å². The quantitative estimate of drug-likeness (QED) is 0.786. The summed E-state index contributed by atoms with van der Waals surface area (Å²) >= 11 is 0. The van der Waals surface area contributed by atoms with Gasteiger partial charge in [0.05, 0.1) is 6.04 Å². The van der Waals surface area contributed by atoms with Gasteiger partial charge in [-0.1, -0.05) is 42.5 Å². The monoisotopic (exact) mass is 337 g/mol. The summed E-state index contributed by atoms with van der Waals surface area (Å²) in [6.45, 7) is 2.18. The van der Waals surface area contributed by atoms with Crippen LogP contribution >= 0.6 is 0 Å². The molecular formula is C20H23N3O2. The number of benzene rings is 2. The molecule has 1 aliphatic heterocycles. The fourth-order valence-corrected chi connectivity index (χ4v) is 3.21. The molecule has 2 aromatic rings. The maximum Gasteiger partial charge on any atom is 0.221 e. The van der Waals surface area contributed by atoms with E-state index in [2.05, 4.69) is 16.0 Å². The highest BCUT2D eigenvalue weighted by molar-refractivity contribution is 5.88. The van der Waals surface area contributed by atoms with Gasteiger partial charge in [0.15, 0.2) is 0 Å². The molecule has 0 bridgehead atoms. The Labute approximate surface area is 147 Å². The first kappa shape index (κ1) is 17.2. The molecule has 0 radical (unpaired) electrons. The molecule has 5 nitrogen and oxygen atoms in total. The van der Waals surface area contributed by atoms with Gasteiger partial charge in [-0.3, -0.25) is 9.59 Å². The lowest BCUT2D eigenvalue weighted by molar-refractivity contribution is -0.124. The first-order chi connectivity index (χ1) is 12.1. The Hall–Kier alpha value is -2.66. The van der Waals surface area contributed by atoms with Crippen molar-refractivity contribution in [3.63, 3.8) is 0 Å². The summed E-state index contributed by atoms with van der Waals surface area (Å²) in [5.41, 5.74) is 3.00. The van der Waals surface area contributed by atoms with Crippen LogP contribution in [-0.2, 0) is 16.1 Å². The highest BCUT2D eigenvalue weighted by Crippen LogP contribution is 2.24. The largest absolute Gasteiger partial charge is 0.348 e. The lowest BCUT2D eigenvalue weighted by Crippen LogP contribution is -2.48. The van der Waals surface area contributed by atoms with Crippen LogP contribution in [0.15, 0.2) is 54.6 Å². The molecule has 130 valence electrons. The zero-order valence-corrected chi connectivity index (χ0v) is 14.3. The third-order valence-corrected chi connectivity index (χ3v) is 4.38. The molecule has 0 spiro atoms. The highest BCUT2D eigenvalue weighted by atomic mass is 16.2. The number of anilines is 1. The molecule has 2 aromatic carbocycles. The molecule has 25 heavy (non-hydrogen) atoms. The van der Waals surface area contributed by atoms with Crippen LogP contribution in [0.5, 0.6) is 0 Å². The molecule has 1 heterocycles. The fraction of sp³-hybridized carbons (Fsp3) is 0.300. The predicted octanol–water partition coefficient (Wildman–Crippen LogP) is 2.75. The minimum absolute atomic E-state index is 0.0269. The molecular weight excluding hydrogens is 314 g/mol. The second-order valence-electron chi connectivity index (χ2n) is 6.36. The Kier molecular flexibility index (Phi) is 5.46. The van der Waals surface area contributed by atoms with E-state index in [0.29, 0.717) is 13.0 Å². The lowest BCUT2D eigenvalue weighted by atomic mass is 9.92. The SMILES string of the molecule is CC(=O)Nc1cccc(CN[C@@H]2CCC(=O)N[C@H]2c2ccccc2)c1. The summed E-state index contributed by atoms with van der Waals surface area (Å²) in [5.74, 6) is 0.0174. The zero-order valence-electron chi connectivity index (χ0n) is 14.3. The maximum absolute atomic E-state index is 11.8. The van der Waals surface area contributed by atoms with E-state index in [1.165, 1.54) is 6.92 Å². The van der Waals surface area contributed by atoms with Crippen LogP contribution < -0.4 is 16.0 Å². The molecule has 3 rings (SSSR count). The van der Waals surface area contributed by atoms with Gasteiger partial charge in [-0.2, -0.15) is 0 Å². The first-order valence-electron chi connectivity index (χ1n) is 8.56. The van der Waals surface area contributed by atoms with Gasteiger partial charge in [0.2, 0.25) is 11.8 Å². The van der Waals surface area contributed by atoms with Crippen molar-refractivity contribution in [1.82, 2.24) is 10.6 Å². The normalized spacial score (nSPS) is 20.0. The van der Waals surface area contributed by atoms with E-state index in [-0.39, 0.29) is 23.9 Å². The number of piperidine rings is 1. The average Bonchev–Trinajstić information content (AvgIpc) is 2.61. The third-order valence-electron chi connectivity index (χ3n) is 4.38. The molecule has 0 saturated carbocycles. The number of nitrogens with one attached hydrogen (secondary N) is 3. The number of carbonyl (C=O) groups is 2. The molecule has 0 aromatic heterocycles. The predicted molar refractivity (Wildman–Crippen MR) is 97.9 cm³/mol. The van der Waals surface area contributed by atoms with E-state index in [9.17, 15) is 9.59 Å². The van der Waals surface area contributed by atoms with Crippen molar-refractivity contribution in [2.24, 2.45) is 0 Å². The Morgan fingerprint density at radius 2 is 1.96 bits per heavy atom. The summed E-state index contributed by atoms with van der Waals surface area (Å²) in [6.07, 6.45) is 1.34. The van der Waals surface area contributed by atoms with Gasteiger partial charge in [-0.05, 0) is 29.7 Å². The van der Waals surface area contributed by atoms with Crippen LogP contribution in [0.4, 0.5) is 5.69 Å². The van der Waals surface area contributed by atoms with Gasteiger partial charge >= 0.3 is 0 Å². The zero-order chi connectivity index (χ0) is 17.6. The Bertz CT molecular complexity index is 746. The molecule has 2 amide bonds. The molecule has 1 aliphatic rings. The van der Waals surface area contributed by atoms with E-state index < -0.39 is 0 Å². The van der Waals surface area contributed by atoms with Gasteiger partial charge in [0.1, 0.15) is 0 Å². The van der Waals surface area contributed by atoms with Gasteiger partial charge in [-0.25, -0.2) is 0 Å². The van der Waals surface area contributed by atoms with Crippen molar-refractivity contribution in [3.8, 4) is 0 Å². The summed E-state index contributed by atoms with van der Waals surface area (Å²) in [4.78, 5) is 23.0. The summed E-state index contributed by atoms with van der Waals surface area (Å²) in [7, 11) is 0. The number of hydrogen-bond acceptors (Lipinski definition) is 3. The second kappa shape index (κ2) is 7.94. The minimum Gasteiger partial charge on any atom is -0.348 e. The molecule has 1 fully saturated rings. The van der Waals surface area contributed by atoms with Crippen LogP contribution in [0, 0.1) is 0 Å². The third kappa shape index (κ3) is 4.67. The van der Waals surface area contributed by atoms with E-state index >= 15 is 0 Å². The molecule has 3 N–H and O–H groups in total. The molecule has 0 aliphatic carbocycles. The smallest absolute Gasteiger partial charge is 0.221 e. The van der Waals surface area contributed by atoms with E-state index in [0.717, 1.165) is 23.2 Å². The van der Waals surface area contributed by atoms with Gasteiger partial charge in [-0.15, -0.1) is 0 Å². The van der Waals surface area contributed by atoms with Crippen LogP contribution in [0.3, 0.4) is 0 Å². The Morgan fingerprint density at radius 3 is 2.72 bits per heavy atom. The summed E-state index contributed by atoms with van der Waals surface area (Å²) in [5, 5.41) is 9.46. The summed E-state index contributed by atoms with van der Waals surface area (Å²) in [6, 6.07) is 18.0. The minimum atomic E-state index is -0.0794. The first-order valence-corrected chi connectivity index (χ1v) is 8.56. The van der Waals surface area contributed by atoms with Crippen molar-refractivity contribution in [1.29, 1.82) is 0 Å². The van der Waals surface area contributed by atoms with Crippen molar-refractivity contribution in [2.75, 3.05) is 5.32 Å². The van der Waals surface area contributed by atoms with Crippen molar-refractivity contribution in [2.45, 2.75) is 38.4 Å². The molecule has 5 heteroatoms. The molecule has 1 saturated heterocycles. The molecule has 0 unspecified atom stereocenters. The van der Waals surface area contributed by atoms with Crippen molar-refractivity contribution < 1.29 is 9.59 Å². The topological polar surface area (TPSA) is 70.2 Å². The number of carbonyl (C=O) groups excluding carboxylic acids is 2. The number of amides is 2. The Balaban J connectivity index is 1.68. The van der Waals surface area contributed by atoms with E-state index in [4.69, 9.17) is 0 Å². The number of rotatable bonds is 5. The van der Waals surface area contributed by atoms with Crippen molar-refractivity contribution >= 4 is 17.5 Å². The van der Waals surface area contributed by atoms with E-state index in [1.807, 2.05) is 54.6 Å². The second-order valence-corrected chi connectivity index (χ2v) is 6.36. The van der Waals surface area contributed by atoms with Crippen LogP contribution in [-0.4, -0.2) is 17.9 Å². The fourth-order valence-electron chi connectivity index (χ4n) is 3.21. The average molecular weight is 337 g/mol.